The zero-order chi connectivity index (χ0) is 21.7. The molecule has 0 spiro atoms. The van der Waals surface area contributed by atoms with Crippen LogP contribution in [0.15, 0.2) is 48.5 Å². The summed E-state index contributed by atoms with van der Waals surface area (Å²) < 4.78 is 20.8. The summed E-state index contributed by atoms with van der Waals surface area (Å²) >= 11 is 0. The number of esters is 2. The number of hydrogen-bond donors (Lipinski definition) is 3. The van der Waals surface area contributed by atoms with Crippen molar-refractivity contribution >= 4 is 11.9 Å². The molecule has 2 aromatic rings. The van der Waals surface area contributed by atoms with Crippen molar-refractivity contribution < 1.29 is 43.9 Å². The molecule has 0 bridgehead atoms. The Morgan fingerprint density at radius 2 is 1.70 bits per heavy atom. The third-order valence-electron chi connectivity index (χ3n) is 4.60. The highest BCUT2D eigenvalue weighted by molar-refractivity contribution is 5.92. The van der Waals surface area contributed by atoms with E-state index in [0.717, 1.165) is 0 Å². The van der Waals surface area contributed by atoms with Gasteiger partial charge in [0.2, 0.25) is 0 Å². The summed E-state index contributed by atoms with van der Waals surface area (Å²) in [5.74, 6) is -1.02. The summed E-state index contributed by atoms with van der Waals surface area (Å²) in [4.78, 5) is 24.5. The molecule has 1 aliphatic heterocycles. The van der Waals surface area contributed by atoms with Gasteiger partial charge in [0.15, 0.2) is 11.5 Å². The SMILES string of the molecule is COc1cc(C(=O)OC[C@H]2OC[C@H](O)[C@@H](O)[C@H]2O)ccc1OC(=O)c1ccccc1. The van der Waals surface area contributed by atoms with Crippen LogP contribution in [-0.2, 0) is 9.47 Å². The molecule has 160 valence electrons. The van der Waals surface area contributed by atoms with Gasteiger partial charge in [0.1, 0.15) is 31.0 Å². The van der Waals surface area contributed by atoms with Gasteiger partial charge in [-0.1, -0.05) is 18.2 Å². The number of rotatable bonds is 6. The van der Waals surface area contributed by atoms with Gasteiger partial charge in [0.05, 0.1) is 24.8 Å². The van der Waals surface area contributed by atoms with E-state index in [2.05, 4.69) is 0 Å². The Hall–Kier alpha value is -2.98. The van der Waals surface area contributed by atoms with E-state index in [1.54, 1.807) is 30.3 Å². The van der Waals surface area contributed by atoms with E-state index < -0.39 is 36.4 Å². The van der Waals surface area contributed by atoms with Crippen LogP contribution in [0.4, 0.5) is 0 Å². The molecule has 3 N–H and O–H groups in total. The molecule has 0 saturated carbocycles. The zero-order valence-electron chi connectivity index (χ0n) is 16.1. The van der Waals surface area contributed by atoms with Gasteiger partial charge in [0, 0.05) is 0 Å². The highest BCUT2D eigenvalue weighted by Gasteiger charge is 2.38. The Balaban J connectivity index is 1.64. The quantitative estimate of drug-likeness (QED) is 0.454. The molecule has 0 aromatic heterocycles. The topological polar surface area (TPSA) is 132 Å². The summed E-state index contributed by atoms with van der Waals surface area (Å²) in [5, 5.41) is 29.0. The minimum atomic E-state index is -1.39. The summed E-state index contributed by atoms with van der Waals surface area (Å²) in [6, 6.07) is 12.6. The van der Waals surface area contributed by atoms with Crippen LogP contribution in [0.5, 0.6) is 11.5 Å². The maximum absolute atomic E-state index is 12.3. The first-order valence-electron chi connectivity index (χ1n) is 9.19. The van der Waals surface area contributed by atoms with Gasteiger partial charge in [-0.25, -0.2) is 9.59 Å². The van der Waals surface area contributed by atoms with Crippen LogP contribution in [0.25, 0.3) is 0 Å². The van der Waals surface area contributed by atoms with Gasteiger partial charge < -0.3 is 34.3 Å². The second kappa shape index (κ2) is 9.68. The number of benzene rings is 2. The Morgan fingerprint density at radius 3 is 2.40 bits per heavy atom. The van der Waals surface area contributed by atoms with Crippen LogP contribution in [0.1, 0.15) is 20.7 Å². The molecule has 3 rings (SSSR count). The average Bonchev–Trinajstić information content (AvgIpc) is 2.77. The van der Waals surface area contributed by atoms with Crippen LogP contribution in [0.3, 0.4) is 0 Å². The largest absolute Gasteiger partial charge is 0.493 e. The first-order valence-corrected chi connectivity index (χ1v) is 9.19. The molecule has 1 heterocycles. The molecule has 2 aromatic carbocycles. The van der Waals surface area contributed by atoms with Crippen molar-refractivity contribution in [3.63, 3.8) is 0 Å². The number of aliphatic hydroxyl groups is 3. The summed E-state index contributed by atoms with van der Waals surface area (Å²) in [7, 11) is 1.36. The molecule has 9 nitrogen and oxygen atoms in total. The molecule has 1 fully saturated rings. The summed E-state index contributed by atoms with van der Waals surface area (Å²) in [6.07, 6.45) is -4.96. The number of carbonyl (C=O) groups is 2. The van der Waals surface area contributed by atoms with Crippen molar-refractivity contribution in [1.82, 2.24) is 0 Å². The van der Waals surface area contributed by atoms with Crippen molar-refractivity contribution in [2.45, 2.75) is 24.4 Å². The fraction of sp³-hybridized carbons (Fsp3) is 0.333. The Morgan fingerprint density at radius 1 is 0.967 bits per heavy atom. The van der Waals surface area contributed by atoms with E-state index in [4.69, 9.17) is 18.9 Å². The fourth-order valence-electron chi connectivity index (χ4n) is 2.87. The van der Waals surface area contributed by atoms with E-state index in [-0.39, 0.29) is 30.3 Å². The number of methoxy groups -OCH3 is 1. The Bertz CT molecular complexity index is 883. The van der Waals surface area contributed by atoms with Gasteiger partial charge in [-0.05, 0) is 30.3 Å². The van der Waals surface area contributed by atoms with Gasteiger partial charge in [0.25, 0.3) is 0 Å². The lowest BCUT2D eigenvalue weighted by atomic mass is 10.0. The van der Waals surface area contributed by atoms with Gasteiger partial charge in [-0.2, -0.15) is 0 Å². The smallest absolute Gasteiger partial charge is 0.343 e. The maximum atomic E-state index is 12.3. The number of carbonyl (C=O) groups excluding carboxylic acids is 2. The lowest BCUT2D eigenvalue weighted by Crippen LogP contribution is -2.54. The first kappa shape index (κ1) is 21.7. The second-order valence-corrected chi connectivity index (χ2v) is 6.64. The zero-order valence-corrected chi connectivity index (χ0v) is 16.1. The van der Waals surface area contributed by atoms with Crippen molar-refractivity contribution in [2.75, 3.05) is 20.3 Å². The van der Waals surface area contributed by atoms with Crippen LogP contribution >= 0.6 is 0 Å². The molecular weight excluding hydrogens is 396 g/mol. The molecule has 0 amide bonds. The normalized spacial score (nSPS) is 23.5. The average molecular weight is 418 g/mol. The summed E-state index contributed by atoms with van der Waals surface area (Å²) in [6.45, 7) is -0.507. The van der Waals surface area contributed by atoms with Crippen molar-refractivity contribution in [1.29, 1.82) is 0 Å². The molecule has 0 unspecified atom stereocenters. The van der Waals surface area contributed by atoms with Crippen LogP contribution in [0.2, 0.25) is 0 Å². The van der Waals surface area contributed by atoms with Crippen LogP contribution in [-0.4, -0.2) is 72.0 Å². The van der Waals surface area contributed by atoms with Crippen molar-refractivity contribution in [3.8, 4) is 11.5 Å². The lowest BCUT2D eigenvalue weighted by molar-refractivity contribution is -0.195. The van der Waals surface area contributed by atoms with Crippen molar-refractivity contribution in [2.24, 2.45) is 0 Å². The number of ether oxygens (including phenoxy) is 4. The second-order valence-electron chi connectivity index (χ2n) is 6.64. The molecular formula is C21H22O9. The standard InChI is InChI=1S/C21H22O9/c1-27-16-9-13(7-8-15(16)30-21(26)12-5-3-2-4-6-12)20(25)29-11-17-19(24)18(23)14(22)10-28-17/h2-9,14,17-19,22-24H,10-11H2,1H3/t14-,17+,18+,19-/m0/s1. The van der Waals surface area contributed by atoms with E-state index in [1.807, 2.05) is 0 Å². The minimum absolute atomic E-state index is 0.122. The summed E-state index contributed by atoms with van der Waals surface area (Å²) in [5.41, 5.74) is 0.485. The predicted molar refractivity (Wildman–Crippen MR) is 102 cm³/mol. The first-order chi connectivity index (χ1) is 14.4. The number of aliphatic hydroxyl groups excluding tert-OH is 3. The van der Waals surface area contributed by atoms with Crippen molar-refractivity contribution in [3.05, 3.63) is 59.7 Å². The van der Waals surface area contributed by atoms with E-state index in [9.17, 15) is 24.9 Å². The van der Waals surface area contributed by atoms with E-state index in [1.165, 1.54) is 25.3 Å². The highest BCUT2D eigenvalue weighted by Crippen LogP contribution is 2.29. The number of hydrogen-bond acceptors (Lipinski definition) is 9. The molecule has 4 atom stereocenters. The Labute approximate surface area is 172 Å². The highest BCUT2D eigenvalue weighted by atomic mass is 16.6. The fourth-order valence-corrected chi connectivity index (χ4v) is 2.87. The van der Waals surface area contributed by atoms with E-state index in [0.29, 0.717) is 5.56 Å². The van der Waals surface area contributed by atoms with Gasteiger partial charge in [-0.3, -0.25) is 0 Å². The van der Waals surface area contributed by atoms with Crippen LogP contribution in [0, 0.1) is 0 Å². The minimum Gasteiger partial charge on any atom is -0.493 e. The molecule has 0 aliphatic carbocycles. The lowest BCUT2D eigenvalue weighted by Gasteiger charge is -2.34. The van der Waals surface area contributed by atoms with Gasteiger partial charge in [-0.15, -0.1) is 0 Å². The molecule has 1 saturated heterocycles. The monoisotopic (exact) mass is 418 g/mol. The molecule has 30 heavy (non-hydrogen) atoms. The predicted octanol–water partition coefficient (Wildman–Crippen LogP) is 0.553. The van der Waals surface area contributed by atoms with Crippen LogP contribution < -0.4 is 9.47 Å². The van der Waals surface area contributed by atoms with E-state index >= 15 is 0 Å². The molecule has 0 radical (unpaired) electrons. The molecule has 1 aliphatic rings. The maximum Gasteiger partial charge on any atom is 0.343 e. The Kier molecular flexibility index (Phi) is 7.01. The third-order valence-corrected chi connectivity index (χ3v) is 4.60. The van der Waals surface area contributed by atoms with Gasteiger partial charge >= 0.3 is 11.9 Å². The third kappa shape index (κ3) is 4.95. The molecule has 9 heteroatoms.